The van der Waals surface area contributed by atoms with Crippen LogP contribution < -0.4 is 10.6 Å². The second-order valence-corrected chi connectivity index (χ2v) is 5.25. The minimum atomic E-state index is -5.15. The summed E-state index contributed by atoms with van der Waals surface area (Å²) in [4.78, 5) is 34.8. The van der Waals surface area contributed by atoms with E-state index in [9.17, 15) is 27.6 Å². The van der Waals surface area contributed by atoms with Crippen molar-refractivity contribution in [2.75, 3.05) is 7.05 Å². The van der Waals surface area contributed by atoms with Crippen LogP contribution in [0.1, 0.15) is 20.8 Å². The third kappa shape index (κ3) is 2.36. The molecular weight excluding hydrogens is 267 g/mol. The monoisotopic (exact) mass is 281 g/mol. The Morgan fingerprint density at radius 2 is 1.74 bits per heavy atom. The molecule has 0 aromatic heterocycles. The maximum absolute atomic E-state index is 13.1. The molecule has 4 amide bonds. The summed E-state index contributed by atoms with van der Waals surface area (Å²) in [5.41, 5.74) is -4.55. The highest BCUT2D eigenvalue weighted by Crippen LogP contribution is 2.34. The van der Waals surface area contributed by atoms with Crippen LogP contribution in [-0.2, 0) is 9.59 Å². The van der Waals surface area contributed by atoms with Gasteiger partial charge in [0.15, 0.2) is 0 Å². The zero-order valence-corrected chi connectivity index (χ0v) is 10.8. The maximum Gasteiger partial charge on any atom is 0.440 e. The minimum Gasteiger partial charge on any atom is -0.317 e. The summed E-state index contributed by atoms with van der Waals surface area (Å²) in [6, 6.07) is -1.23. The van der Waals surface area contributed by atoms with Gasteiger partial charge in [0, 0.05) is 12.5 Å². The summed E-state index contributed by atoms with van der Waals surface area (Å²) in [6.45, 7) is 4.16. The molecule has 1 heterocycles. The molecule has 19 heavy (non-hydrogen) atoms. The molecule has 1 saturated heterocycles. The van der Waals surface area contributed by atoms with Gasteiger partial charge in [-0.3, -0.25) is 19.8 Å². The number of hydrogen-bond donors (Lipinski definition) is 2. The van der Waals surface area contributed by atoms with Crippen molar-refractivity contribution in [3.05, 3.63) is 0 Å². The van der Waals surface area contributed by atoms with Crippen LogP contribution in [-0.4, -0.2) is 41.6 Å². The summed E-state index contributed by atoms with van der Waals surface area (Å²) in [5, 5.41) is 3.09. The minimum absolute atomic E-state index is 0.274. The molecule has 0 saturated carbocycles. The number of nitrogens with zero attached hydrogens (tertiary/aromatic N) is 1. The van der Waals surface area contributed by atoms with E-state index in [2.05, 4.69) is 0 Å². The number of amides is 4. The number of halogens is 3. The summed E-state index contributed by atoms with van der Waals surface area (Å²) in [5.74, 6) is -2.57. The number of likely N-dealkylation sites (N-methyl/N-ethyl adjacent to an activating group) is 1. The van der Waals surface area contributed by atoms with Crippen molar-refractivity contribution in [1.29, 1.82) is 0 Å². The quantitative estimate of drug-likeness (QED) is 0.690. The van der Waals surface area contributed by atoms with E-state index >= 15 is 0 Å². The van der Waals surface area contributed by atoms with Crippen molar-refractivity contribution in [3.63, 3.8) is 0 Å². The van der Waals surface area contributed by atoms with Crippen LogP contribution in [0.15, 0.2) is 0 Å². The third-order valence-electron chi connectivity index (χ3n) is 2.63. The van der Waals surface area contributed by atoms with Gasteiger partial charge in [-0.05, 0) is 0 Å². The standard InChI is InChI=1S/C10H14F3N3O3/c1-8(2,3)5(17)14-9(10(11,12)13)6(18)16(4)7(19)15-9/h1-4H3,(H,14,17)(H,15,19)/t9-/m1/s1. The highest BCUT2D eigenvalue weighted by atomic mass is 19.4. The fourth-order valence-electron chi connectivity index (χ4n) is 1.35. The van der Waals surface area contributed by atoms with Crippen molar-refractivity contribution < 1.29 is 27.6 Å². The van der Waals surface area contributed by atoms with Gasteiger partial charge >= 0.3 is 12.2 Å². The van der Waals surface area contributed by atoms with Crippen molar-refractivity contribution in [2.45, 2.75) is 32.6 Å². The molecule has 0 aliphatic carbocycles. The number of carbonyl (C=O) groups excluding carboxylic acids is 3. The van der Waals surface area contributed by atoms with Gasteiger partial charge in [0.2, 0.25) is 5.91 Å². The summed E-state index contributed by atoms with van der Waals surface area (Å²) in [7, 11) is 0.897. The lowest BCUT2D eigenvalue weighted by Crippen LogP contribution is -2.70. The second kappa shape index (κ2) is 4.10. The van der Waals surface area contributed by atoms with E-state index in [1.54, 1.807) is 5.32 Å². The zero-order valence-electron chi connectivity index (χ0n) is 10.8. The van der Waals surface area contributed by atoms with Crippen LogP contribution in [0, 0.1) is 5.41 Å². The SMILES string of the molecule is CN1C(=O)N[C@@](NC(=O)C(C)(C)C)(C(F)(F)F)C1=O. The Bertz CT molecular complexity index is 442. The van der Waals surface area contributed by atoms with Gasteiger partial charge in [0.25, 0.3) is 11.6 Å². The highest BCUT2D eigenvalue weighted by Gasteiger charge is 2.68. The molecule has 108 valence electrons. The molecule has 0 spiro atoms. The molecule has 0 aromatic rings. The summed E-state index contributed by atoms with van der Waals surface area (Å²) < 4.78 is 39.3. The molecule has 1 aliphatic rings. The van der Waals surface area contributed by atoms with E-state index in [0.29, 0.717) is 0 Å². The van der Waals surface area contributed by atoms with Crippen LogP contribution >= 0.6 is 0 Å². The molecular formula is C10H14F3N3O3. The molecule has 0 unspecified atom stereocenters. The Kier molecular flexibility index (Phi) is 3.30. The smallest absolute Gasteiger partial charge is 0.317 e. The molecule has 0 aromatic carbocycles. The molecule has 0 radical (unpaired) electrons. The molecule has 2 N–H and O–H groups in total. The van der Waals surface area contributed by atoms with E-state index < -0.39 is 35.1 Å². The molecule has 1 atom stereocenters. The molecule has 1 aliphatic heterocycles. The van der Waals surface area contributed by atoms with Gasteiger partial charge in [-0.25, -0.2) is 4.79 Å². The number of carbonyl (C=O) groups is 3. The topological polar surface area (TPSA) is 78.5 Å². The maximum atomic E-state index is 13.1. The molecule has 9 heteroatoms. The predicted molar refractivity (Wildman–Crippen MR) is 57.7 cm³/mol. The number of alkyl halides is 3. The van der Waals surface area contributed by atoms with E-state index in [-0.39, 0.29) is 4.90 Å². The van der Waals surface area contributed by atoms with Crippen molar-refractivity contribution >= 4 is 17.8 Å². The Morgan fingerprint density at radius 3 is 2.00 bits per heavy atom. The number of hydrogen-bond acceptors (Lipinski definition) is 3. The normalized spacial score (nSPS) is 24.5. The molecule has 0 bridgehead atoms. The second-order valence-electron chi connectivity index (χ2n) is 5.25. The third-order valence-corrected chi connectivity index (χ3v) is 2.63. The first-order valence-electron chi connectivity index (χ1n) is 5.32. The average Bonchev–Trinajstić information content (AvgIpc) is 2.42. The van der Waals surface area contributed by atoms with Crippen LogP contribution in [0.25, 0.3) is 0 Å². The molecule has 1 rings (SSSR count). The predicted octanol–water partition coefficient (Wildman–Crippen LogP) is 0.589. The first-order valence-corrected chi connectivity index (χ1v) is 5.32. The lowest BCUT2D eigenvalue weighted by Gasteiger charge is -2.32. The fourth-order valence-corrected chi connectivity index (χ4v) is 1.35. The fraction of sp³-hybridized carbons (Fsp3) is 0.700. The molecule has 6 nitrogen and oxygen atoms in total. The van der Waals surface area contributed by atoms with Crippen LogP contribution in [0.4, 0.5) is 18.0 Å². The van der Waals surface area contributed by atoms with E-state index in [0.717, 1.165) is 7.05 Å². The lowest BCUT2D eigenvalue weighted by molar-refractivity contribution is -0.205. The summed E-state index contributed by atoms with van der Waals surface area (Å²) >= 11 is 0. The number of imide groups is 1. The van der Waals surface area contributed by atoms with Gasteiger partial charge in [-0.15, -0.1) is 0 Å². The van der Waals surface area contributed by atoms with E-state index in [1.807, 2.05) is 0 Å². The van der Waals surface area contributed by atoms with Crippen LogP contribution in [0.5, 0.6) is 0 Å². The van der Waals surface area contributed by atoms with Crippen LogP contribution in [0.2, 0.25) is 0 Å². The Morgan fingerprint density at radius 1 is 1.26 bits per heavy atom. The van der Waals surface area contributed by atoms with Crippen molar-refractivity contribution in [3.8, 4) is 0 Å². The Balaban J connectivity index is 3.22. The Hall–Kier alpha value is -1.80. The van der Waals surface area contributed by atoms with Crippen molar-refractivity contribution in [2.24, 2.45) is 5.41 Å². The van der Waals surface area contributed by atoms with Gasteiger partial charge < -0.3 is 5.32 Å². The van der Waals surface area contributed by atoms with Gasteiger partial charge in [0.05, 0.1) is 0 Å². The summed E-state index contributed by atoms with van der Waals surface area (Å²) in [6.07, 6.45) is -5.15. The van der Waals surface area contributed by atoms with Crippen molar-refractivity contribution in [1.82, 2.24) is 15.5 Å². The first kappa shape index (κ1) is 15.3. The van der Waals surface area contributed by atoms with Crippen LogP contribution in [0.3, 0.4) is 0 Å². The number of urea groups is 1. The van der Waals surface area contributed by atoms with Gasteiger partial charge in [-0.2, -0.15) is 13.2 Å². The van der Waals surface area contributed by atoms with E-state index in [4.69, 9.17) is 0 Å². The first-order chi connectivity index (χ1) is 8.33. The van der Waals surface area contributed by atoms with E-state index in [1.165, 1.54) is 26.1 Å². The zero-order chi connectivity index (χ0) is 15.2. The number of rotatable bonds is 1. The molecule has 1 fully saturated rings. The average molecular weight is 281 g/mol. The lowest BCUT2D eigenvalue weighted by atomic mass is 9.94. The number of nitrogens with one attached hydrogen (secondary N) is 2. The highest BCUT2D eigenvalue weighted by molar-refractivity contribution is 6.08. The Labute approximate surface area is 107 Å². The largest absolute Gasteiger partial charge is 0.440 e. The van der Waals surface area contributed by atoms with Gasteiger partial charge in [0.1, 0.15) is 0 Å². The van der Waals surface area contributed by atoms with Gasteiger partial charge in [-0.1, -0.05) is 20.8 Å².